The zero-order valence-corrected chi connectivity index (χ0v) is 12.2. The fourth-order valence-electron chi connectivity index (χ4n) is 1.70. The van der Waals surface area contributed by atoms with Crippen LogP contribution in [-0.2, 0) is 11.2 Å². The van der Waals surface area contributed by atoms with Crippen molar-refractivity contribution < 1.29 is 9.90 Å². The first-order chi connectivity index (χ1) is 8.63. The Bertz CT molecular complexity index is 382. The summed E-state index contributed by atoms with van der Waals surface area (Å²) < 4.78 is 1.03. The number of aliphatic hydroxyl groups is 1. The van der Waals surface area contributed by atoms with E-state index in [9.17, 15) is 9.90 Å². The van der Waals surface area contributed by atoms with E-state index in [0.29, 0.717) is 19.4 Å². The van der Waals surface area contributed by atoms with Gasteiger partial charge in [0.25, 0.3) is 0 Å². The van der Waals surface area contributed by atoms with E-state index >= 15 is 0 Å². The van der Waals surface area contributed by atoms with Gasteiger partial charge in [-0.2, -0.15) is 0 Å². The quantitative estimate of drug-likeness (QED) is 0.813. The van der Waals surface area contributed by atoms with Crippen molar-refractivity contribution in [2.45, 2.75) is 38.7 Å². The number of aryl methyl sites for hydroxylation is 1. The molecule has 0 spiro atoms. The van der Waals surface area contributed by atoms with Crippen LogP contribution in [0, 0.1) is 0 Å². The first-order valence-corrected chi connectivity index (χ1v) is 7.11. The second-order valence-electron chi connectivity index (χ2n) is 4.34. The van der Waals surface area contributed by atoms with Gasteiger partial charge in [0, 0.05) is 17.4 Å². The van der Waals surface area contributed by atoms with Crippen molar-refractivity contribution >= 4 is 21.8 Å². The fraction of sp³-hybridized carbons (Fsp3) is 0.500. The summed E-state index contributed by atoms with van der Waals surface area (Å²) in [4.78, 5) is 11.6. The number of carbonyl (C=O) groups is 1. The maximum absolute atomic E-state index is 11.6. The Hall–Kier alpha value is -0.870. The molecule has 0 fully saturated rings. The number of amides is 1. The van der Waals surface area contributed by atoms with Crippen LogP contribution in [0.4, 0.5) is 0 Å². The van der Waals surface area contributed by atoms with Crippen LogP contribution in [0.25, 0.3) is 0 Å². The van der Waals surface area contributed by atoms with Gasteiger partial charge in [-0.3, -0.25) is 4.79 Å². The fourth-order valence-corrected chi connectivity index (χ4v) is 2.19. The van der Waals surface area contributed by atoms with Crippen LogP contribution in [0.5, 0.6) is 0 Å². The molecular formula is C14H20BrNO2. The predicted molar refractivity (Wildman–Crippen MR) is 76.4 cm³/mol. The van der Waals surface area contributed by atoms with Crippen molar-refractivity contribution in [1.82, 2.24) is 5.32 Å². The summed E-state index contributed by atoms with van der Waals surface area (Å²) in [7, 11) is 0. The van der Waals surface area contributed by atoms with Crippen molar-refractivity contribution in [3.63, 3.8) is 0 Å². The minimum absolute atomic E-state index is 0.0130. The van der Waals surface area contributed by atoms with Gasteiger partial charge < -0.3 is 10.4 Å². The van der Waals surface area contributed by atoms with Crippen LogP contribution in [0.15, 0.2) is 28.7 Å². The van der Waals surface area contributed by atoms with E-state index in [1.54, 1.807) is 0 Å². The smallest absolute Gasteiger partial charge is 0.220 e. The summed E-state index contributed by atoms with van der Waals surface area (Å²) in [5, 5.41) is 12.3. The van der Waals surface area contributed by atoms with E-state index in [1.807, 2.05) is 31.2 Å². The molecule has 1 amide bonds. The third kappa shape index (κ3) is 5.65. The molecule has 0 aromatic heterocycles. The van der Waals surface area contributed by atoms with Crippen molar-refractivity contribution in [2.24, 2.45) is 0 Å². The molecule has 1 rings (SSSR count). The summed E-state index contributed by atoms with van der Waals surface area (Å²) in [5.74, 6) is -0.0130. The lowest BCUT2D eigenvalue weighted by Crippen LogP contribution is -2.32. The molecule has 100 valence electrons. The summed E-state index contributed by atoms with van der Waals surface area (Å²) in [6.07, 6.45) is 2.37. The van der Waals surface area contributed by atoms with Crippen LogP contribution in [0.2, 0.25) is 0 Å². The van der Waals surface area contributed by atoms with E-state index in [2.05, 4.69) is 21.2 Å². The van der Waals surface area contributed by atoms with Crippen LogP contribution in [0.1, 0.15) is 31.7 Å². The molecule has 0 radical (unpaired) electrons. The molecule has 1 aromatic carbocycles. The molecule has 0 aliphatic carbocycles. The minimum atomic E-state index is -0.428. The zero-order valence-electron chi connectivity index (χ0n) is 10.7. The lowest BCUT2D eigenvalue weighted by molar-refractivity contribution is -0.121. The summed E-state index contributed by atoms with van der Waals surface area (Å²) in [5.41, 5.74) is 1.13. The summed E-state index contributed by atoms with van der Waals surface area (Å²) >= 11 is 3.46. The van der Waals surface area contributed by atoms with Gasteiger partial charge in [-0.15, -0.1) is 0 Å². The van der Waals surface area contributed by atoms with Crippen LogP contribution in [-0.4, -0.2) is 23.7 Å². The van der Waals surface area contributed by atoms with Crippen LogP contribution in [0.3, 0.4) is 0 Å². The van der Waals surface area contributed by atoms with Crippen LogP contribution < -0.4 is 5.32 Å². The molecule has 2 N–H and O–H groups in total. The number of rotatable bonds is 7. The van der Waals surface area contributed by atoms with Gasteiger partial charge in [0.1, 0.15) is 0 Å². The molecule has 1 atom stereocenters. The highest BCUT2D eigenvalue weighted by molar-refractivity contribution is 9.10. The number of nitrogens with one attached hydrogen (secondary N) is 1. The average molecular weight is 314 g/mol. The van der Waals surface area contributed by atoms with Crippen LogP contribution >= 0.6 is 15.9 Å². The molecule has 4 heteroatoms. The van der Waals surface area contributed by atoms with Crippen molar-refractivity contribution in [3.05, 3.63) is 34.3 Å². The number of aliphatic hydroxyl groups excluding tert-OH is 1. The predicted octanol–water partition coefficient (Wildman–Crippen LogP) is 2.66. The Morgan fingerprint density at radius 3 is 2.83 bits per heavy atom. The Labute approximate surface area is 117 Å². The van der Waals surface area contributed by atoms with E-state index in [1.165, 1.54) is 0 Å². The number of halogens is 1. The molecule has 1 unspecified atom stereocenters. The lowest BCUT2D eigenvalue weighted by atomic mass is 10.1. The monoisotopic (exact) mass is 313 g/mol. The highest BCUT2D eigenvalue weighted by Crippen LogP contribution is 2.17. The largest absolute Gasteiger partial charge is 0.391 e. The normalized spacial score (nSPS) is 12.2. The molecule has 0 saturated carbocycles. The Balaban J connectivity index is 2.27. The van der Waals surface area contributed by atoms with Crippen molar-refractivity contribution in [3.8, 4) is 0 Å². The van der Waals surface area contributed by atoms with E-state index in [0.717, 1.165) is 22.9 Å². The first-order valence-electron chi connectivity index (χ1n) is 6.31. The SMILES string of the molecule is CCCC(O)CNC(=O)CCc1ccccc1Br. The standard InChI is InChI=1S/C14H20BrNO2/c1-2-5-12(17)10-16-14(18)9-8-11-6-3-4-7-13(11)15/h3-4,6-7,12,17H,2,5,8-10H2,1H3,(H,16,18). The molecule has 18 heavy (non-hydrogen) atoms. The van der Waals surface area contributed by atoms with Gasteiger partial charge in [0.15, 0.2) is 0 Å². The van der Waals surface area contributed by atoms with Crippen molar-refractivity contribution in [1.29, 1.82) is 0 Å². The maximum atomic E-state index is 11.6. The Kier molecular flexibility index (Phi) is 6.98. The Morgan fingerprint density at radius 2 is 2.17 bits per heavy atom. The molecule has 0 heterocycles. The lowest BCUT2D eigenvalue weighted by Gasteiger charge is -2.10. The van der Waals surface area contributed by atoms with E-state index in [4.69, 9.17) is 0 Å². The van der Waals surface area contributed by atoms with Gasteiger partial charge in [-0.25, -0.2) is 0 Å². The average Bonchev–Trinajstić information content (AvgIpc) is 2.36. The van der Waals surface area contributed by atoms with Gasteiger partial charge in [-0.1, -0.05) is 47.5 Å². The molecule has 0 aliphatic rings. The second kappa shape index (κ2) is 8.27. The third-order valence-corrected chi connectivity index (χ3v) is 3.51. The molecular weight excluding hydrogens is 294 g/mol. The number of benzene rings is 1. The summed E-state index contributed by atoms with van der Waals surface area (Å²) in [6.45, 7) is 2.36. The molecule has 1 aromatic rings. The number of carbonyl (C=O) groups excluding carboxylic acids is 1. The van der Waals surface area contributed by atoms with Gasteiger partial charge >= 0.3 is 0 Å². The third-order valence-electron chi connectivity index (χ3n) is 2.74. The van der Waals surface area contributed by atoms with Crippen molar-refractivity contribution in [2.75, 3.05) is 6.54 Å². The Morgan fingerprint density at radius 1 is 1.44 bits per heavy atom. The minimum Gasteiger partial charge on any atom is -0.391 e. The maximum Gasteiger partial charge on any atom is 0.220 e. The first kappa shape index (κ1) is 15.2. The molecule has 0 aliphatic heterocycles. The number of hydrogen-bond donors (Lipinski definition) is 2. The molecule has 0 saturated heterocycles. The molecule has 3 nitrogen and oxygen atoms in total. The van der Waals surface area contributed by atoms with E-state index in [-0.39, 0.29) is 5.91 Å². The van der Waals surface area contributed by atoms with Gasteiger partial charge in [-0.05, 0) is 24.5 Å². The second-order valence-corrected chi connectivity index (χ2v) is 5.19. The zero-order chi connectivity index (χ0) is 13.4. The van der Waals surface area contributed by atoms with Gasteiger partial charge in [0.05, 0.1) is 6.10 Å². The number of hydrogen-bond acceptors (Lipinski definition) is 2. The molecule has 0 bridgehead atoms. The highest BCUT2D eigenvalue weighted by atomic mass is 79.9. The summed E-state index contributed by atoms with van der Waals surface area (Å²) in [6, 6.07) is 7.89. The van der Waals surface area contributed by atoms with Gasteiger partial charge in [0.2, 0.25) is 5.91 Å². The topological polar surface area (TPSA) is 49.3 Å². The highest BCUT2D eigenvalue weighted by Gasteiger charge is 2.07. The van der Waals surface area contributed by atoms with E-state index < -0.39 is 6.10 Å².